The van der Waals surface area contributed by atoms with Crippen molar-refractivity contribution in [2.24, 2.45) is 0 Å². The van der Waals surface area contributed by atoms with Gasteiger partial charge in [-0.05, 0) is 31.8 Å². The Hall–Kier alpha value is -2.74. The Kier molecular flexibility index (Phi) is 9.43. The second kappa shape index (κ2) is 12.3. The quantitative estimate of drug-likeness (QED) is 0.178. The van der Waals surface area contributed by atoms with Gasteiger partial charge in [-0.3, -0.25) is 28.8 Å². The molecule has 0 aromatic rings. The van der Waals surface area contributed by atoms with Crippen LogP contribution in [0.25, 0.3) is 0 Å². The van der Waals surface area contributed by atoms with E-state index in [2.05, 4.69) is 21.3 Å². The second-order valence-corrected chi connectivity index (χ2v) is 11.1. The number of ether oxygens (including phenoxy) is 1. The van der Waals surface area contributed by atoms with Crippen LogP contribution >= 0.6 is 21.6 Å². The van der Waals surface area contributed by atoms with E-state index in [0.29, 0.717) is 25.0 Å². The molecule has 3 atom stereocenters. The number of rotatable bonds is 3. The fraction of sp³-hybridized carbons (Fsp3) is 0.619. The van der Waals surface area contributed by atoms with Gasteiger partial charge in [0.25, 0.3) is 0 Å². The summed E-state index contributed by atoms with van der Waals surface area (Å²) < 4.78 is 5.36. The highest BCUT2D eigenvalue weighted by Gasteiger charge is 2.52. The van der Waals surface area contributed by atoms with Crippen molar-refractivity contribution in [1.82, 2.24) is 21.3 Å². The molecule has 0 radical (unpaired) electrons. The molecule has 2 bridgehead atoms. The van der Waals surface area contributed by atoms with Crippen molar-refractivity contribution in [3.8, 4) is 0 Å². The Labute approximate surface area is 209 Å². The van der Waals surface area contributed by atoms with Gasteiger partial charge < -0.3 is 31.1 Å². The van der Waals surface area contributed by atoms with Gasteiger partial charge in [-0.2, -0.15) is 0 Å². The molecule has 0 unspecified atom stereocenters. The van der Waals surface area contributed by atoms with E-state index in [9.17, 15) is 28.8 Å². The molecule has 3 rings (SSSR count). The van der Waals surface area contributed by atoms with E-state index in [-0.39, 0.29) is 25.0 Å². The summed E-state index contributed by atoms with van der Waals surface area (Å²) in [5.74, 6) is -3.52. The molecule has 1 saturated heterocycles. The number of hydrogen-bond donors (Lipinski definition) is 5. The zero-order chi connectivity index (χ0) is 25.4. The third-order valence-corrected chi connectivity index (χ3v) is 8.02. The molecule has 2 heterocycles. The molecule has 4 amide bonds. The van der Waals surface area contributed by atoms with Gasteiger partial charge in [0, 0.05) is 17.9 Å². The number of aliphatic carboxylic acids is 1. The average Bonchev–Trinajstić information content (AvgIpc) is 3.57. The number of nitrogens with one attached hydrogen (secondary N) is 4. The van der Waals surface area contributed by atoms with E-state index in [0.717, 1.165) is 0 Å². The number of carboxylic acids is 1. The zero-order valence-electron chi connectivity index (χ0n) is 18.9. The Bertz CT molecular complexity index is 908. The fourth-order valence-electron chi connectivity index (χ4n) is 3.50. The van der Waals surface area contributed by atoms with Gasteiger partial charge in [0.2, 0.25) is 23.6 Å². The van der Waals surface area contributed by atoms with Crippen molar-refractivity contribution in [3.63, 3.8) is 0 Å². The van der Waals surface area contributed by atoms with E-state index in [1.165, 1.54) is 21.6 Å². The summed E-state index contributed by atoms with van der Waals surface area (Å²) in [6.07, 6.45) is 2.88. The minimum absolute atomic E-state index is 0.188. The number of fused-ring (bicyclic) bond motifs is 7. The first-order valence-electron chi connectivity index (χ1n) is 11.2. The van der Waals surface area contributed by atoms with Gasteiger partial charge >= 0.3 is 11.9 Å². The summed E-state index contributed by atoms with van der Waals surface area (Å²) in [6.45, 7) is -0.435. The summed E-state index contributed by atoms with van der Waals surface area (Å²) in [6, 6.07) is -2.25. The molecule has 1 spiro atoms. The maximum absolute atomic E-state index is 13.1. The van der Waals surface area contributed by atoms with E-state index < -0.39 is 65.8 Å². The monoisotopic (exact) mass is 528 g/mol. The molecule has 3 aliphatic rings. The Morgan fingerprint density at radius 1 is 1.11 bits per heavy atom. The van der Waals surface area contributed by atoms with Gasteiger partial charge in [0.15, 0.2) is 0 Å². The maximum Gasteiger partial charge on any atom is 0.326 e. The Morgan fingerprint density at radius 3 is 2.60 bits per heavy atom. The summed E-state index contributed by atoms with van der Waals surface area (Å²) in [5, 5.41) is 19.3. The van der Waals surface area contributed by atoms with E-state index >= 15 is 0 Å². The molecule has 5 N–H and O–H groups in total. The number of hydrogen-bond acceptors (Lipinski definition) is 9. The predicted octanol–water partition coefficient (Wildman–Crippen LogP) is -0.757. The normalized spacial score (nSPS) is 29.0. The maximum atomic E-state index is 13.1. The minimum atomic E-state index is -1.22. The fourth-order valence-corrected chi connectivity index (χ4v) is 5.66. The summed E-state index contributed by atoms with van der Waals surface area (Å²) in [7, 11) is 2.84. The molecule has 0 aromatic heterocycles. The molecule has 1 aliphatic carbocycles. The average molecular weight is 529 g/mol. The lowest BCUT2D eigenvalue weighted by Gasteiger charge is -2.25. The van der Waals surface area contributed by atoms with Crippen LogP contribution in [-0.4, -0.2) is 82.5 Å². The second-order valence-electron chi connectivity index (χ2n) is 8.42. The van der Waals surface area contributed by atoms with Crippen LogP contribution in [0.15, 0.2) is 12.2 Å². The Morgan fingerprint density at radius 2 is 1.89 bits per heavy atom. The Balaban J connectivity index is 1.93. The van der Waals surface area contributed by atoms with Crippen LogP contribution in [-0.2, 0) is 33.5 Å². The SMILES string of the molecule is O=C(O)CC[C@H]1NC(=O)C[C@H]2/C=C/CCSSC[C@@H](NC1=O)C(=O)NC1(CC1)C(=O)NCC(=O)O2. The van der Waals surface area contributed by atoms with Crippen LogP contribution in [0.3, 0.4) is 0 Å². The lowest BCUT2D eigenvalue weighted by Crippen LogP contribution is -2.59. The zero-order valence-corrected chi connectivity index (χ0v) is 20.5. The molecule has 2 aliphatic heterocycles. The van der Waals surface area contributed by atoms with Crippen molar-refractivity contribution in [2.45, 2.75) is 62.3 Å². The van der Waals surface area contributed by atoms with Crippen molar-refractivity contribution >= 4 is 57.2 Å². The first kappa shape index (κ1) is 26.9. The van der Waals surface area contributed by atoms with E-state index in [1.54, 1.807) is 12.2 Å². The summed E-state index contributed by atoms with van der Waals surface area (Å²) in [5.41, 5.74) is -1.17. The summed E-state index contributed by atoms with van der Waals surface area (Å²) >= 11 is 0. The third-order valence-electron chi connectivity index (χ3n) is 5.58. The third kappa shape index (κ3) is 8.16. The van der Waals surface area contributed by atoms with Crippen LogP contribution in [0.2, 0.25) is 0 Å². The van der Waals surface area contributed by atoms with Gasteiger partial charge in [-0.15, -0.1) is 0 Å². The van der Waals surface area contributed by atoms with Crippen LogP contribution in [0.1, 0.15) is 38.5 Å². The molecule has 12 nitrogen and oxygen atoms in total. The highest BCUT2D eigenvalue weighted by atomic mass is 33.1. The van der Waals surface area contributed by atoms with Crippen molar-refractivity contribution in [1.29, 1.82) is 0 Å². The first-order chi connectivity index (χ1) is 16.7. The highest BCUT2D eigenvalue weighted by Crippen LogP contribution is 2.36. The molecular formula is C21H28N4O8S2. The molecular weight excluding hydrogens is 500 g/mol. The smallest absolute Gasteiger partial charge is 0.326 e. The van der Waals surface area contributed by atoms with E-state index in [1.807, 2.05) is 0 Å². The van der Waals surface area contributed by atoms with Crippen molar-refractivity contribution in [2.75, 3.05) is 18.1 Å². The lowest BCUT2D eigenvalue weighted by molar-refractivity contribution is -0.149. The molecule has 35 heavy (non-hydrogen) atoms. The molecule has 0 aromatic carbocycles. The number of carbonyl (C=O) groups excluding carboxylic acids is 5. The van der Waals surface area contributed by atoms with Crippen LogP contribution in [0.4, 0.5) is 0 Å². The van der Waals surface area contributed by atoms with Crippen LogP contribution in [0, 0.1) is 0 Å². The van der Waals surface area contributed by atoms with Gasteiger partial charge in [0.05, 0.1) is 6.42 Å². The standard InChI is InChI=1S/C21H28N4O8S2/c26-15-9-12-3-1-2-8-34-35-11-14(24-18(30)13(23-15)4-5-16(27)28)19(31)25-21(6-7-21)20(32)22-10-17(29)33-12/h1,3,12-14H,2,4-11H2,(H,22,32)(H,23,26)(H,24,30)(H,25,31)(H,27,28)/b3-1+/t12-,13-,14-/m1/s1. The number of allylic oxidation sites excluding steroid dienone is 1. The number of carboxylic acid groups (broad SMARTS) is 1. The molecule has 1 saturated carbocycles. The van der Waals surface area contributed by atoms with E-state index in [4.69, 9.17) is 9.84 Å². The molecule has 14 heteroatoms. The van der Waals surface area contributed by atoms with Gasteiger partial charge in [0.1, 0.15) is 30.3 Å². The minimum Gasteiger partial charge on any atom is -0.481 e. The van der Waals surface area contributed by atoms with Crippen LogP contribution < -0.4 is 21.3 Å². The number of amides is 4. The summed E-state index contributed by atoms with van der Waals surface area (Å²) in [4.78, 5) is 74.9. The van der Waals surface area contributed by atoms with Crippen LogP contribution in [0.5, 0.6) is 0 Å². The lowest BCUT2D eigenvalue weighted by atomic mass is 10.1. The topological polar surface area (TPSA) is 180 Å². The number of carbonyl (C=O) groups is 6. The van der Waals surface area contributed by atoms with Gasteiger partial charge in [-0.1, -0.05) is 27.7 Å². The predicted molar refractivity (Wildman–Crippen MR) is 127 cm³/mol. The number of esters is 1. The largest absolute Gasteiger partial charge is 0.481 e. The molecule has 192 valence electrons. The van der Waals surface area contributed by atoms with Gasteiger partial charge in [-0.25, -0.2) is 0 Å². The first-order valence-corrected chi connectivity index (χ1v) is 13.7. The van der Waals surface area contributed by atoms with Crippen molar-refractivity contribution in [3.05, 3.63) is 12.2 Å². The molecule has 2 fully saturated rings. The highest BCUT2D eigenvalue weighted by molar-refractivity contribution is 8.76. The van der Waals surface area contributed by atoms with Crippen molar-refractivity contribution < 1.29 is 38.6 Å².